The number of ketones is 1. The monoisotopic (exact) mass is 376 g/mol. The second-order valence-corrected chi connectivity index (χ2v) is 4.94. The van der Waals surface area contributed by atoms with Gasteiger partial charge < -0.3 is 19.4 Å². The molecule has 2 rings (SSSR count). The Hall–Kier alpha value is -1.77. The molecule has 0 unspecified atom stereocenters. The molecule has 2 aromatic rings. The fourth-order valence-electron chi connectivity index (χ4n) is 1.81. The van der Waals surface area contributed by atoms with E-state index in [-0.39, 0.29) is 25.9 Å². The first-order valence-electron chi connectivity index (χ1n) is 5.14. The topological polar surface area (TPSA) is 97.0 Å². The molecule has 1 aromatic carbocycles. The van der Waals surface area contributed by atoms with Gasteiger partial charge >= 0.3 is 0 Å². The summed E-state index contributed by atoms with van der Waals surface area (Å²) < 4.78 is 10.2. The van der Waals surface area contributed by atoms with Crippen molar-refractivity contribution < 1.29 is 24.2 Å². The molecule has 0 aliphatic heterocycles. The minimum absolute atomic E-state index is 0.159. The molecular weight excluding hydrogens is 367 g/mol. The number of Topliss-reactive ketones (excluding diaryl/α,β-unsaturated/α-hetero) is 1. The van der Waals surface area contributed by atoms with E-state index >= 15 is 0 Å². The van der Waals surface area contributed by atoms with Crippen molar-refractivity contribution in [1.82, 2.24) is 0 Å². The van der Waals surface area contributed by atoms with Gasteiger partial charge in [-0.3, -0.25) is 9.59 Å². The lowest BCUT2D eigenvalue weighted by atomic mass is 10.0. The average molecular weight is 376 g/mol. The Morgan fingerprint density at radius 2 is 2.00 bits per heavy atom. The van der Waals surface area contributed by atoms with Crippen molar-refractivity contribution >= 4 is 39.3 Å². The molecule has 0 saturated carbocycles. The molecule has 19 heavy (non-hydrogen) atoms. The molecule has 0 fully saturated rings. The van der Waals surface area contributed by atoms with Gasteiger partial charge in [-0.05, 0) is 29.5 Å². The molecule has 7 heteroatoms. The van der Waals surface area contributed by atoms with Gasteiger partial charge in [0.05, 0.1) is 10.7 Å². The standard InChI is InChI=1S/C12H9IO6/c1-4(14)6-9(16)12(18-2)10(17)7-8(15)5(13)3-19-11(6)7/h3,16-17H,1-2H3. The molecule has 0 saturated heterocycles. The van der Waals surface area contributed by atoms with Gasteiger partial charge in [0.1, 0.15) is 17.2 Å². The number of halogens is 1. The number of benzene rings is 1. The second kappa shape index (κ2) is 4.72. The Morgan fingerprint density at radius 3 is 2.53 bits per heavy atom. The maximum Gasteiger partial charge on any atom is 0.209 e. The van der Waals surface area contributed by atoms with Crippen molar-refractivity contribution in [3.05, 3.63) is 25.6 Å². The number of carbonyl (C=O) groups excluding carboxylic acids is 1. The van der Waals surface area contributed by atoms with Crippen molar-refractivity contribution in [3.8, 4) is 17.2 Å². The van der Waals surface area contributed by atoms with Crippen molar-refractivity contribution in [1.29, 1.82) is 0 Å². The van der Waals surface area contributed by atoms with Crippen LogP contribution in [-0.2, 0) is 0 Å². The Kier molecular flexibility index (Phi) is 3.40. The van der Waals surface area contributed by atoms with E-state index in [9.17, 15) is 19.8 Å². The molecule has 100 valence electrons. The lowest BCUT2D eigenvalue weighted by Crippen LogP contribution is -2.08. The lowest BCUT2D eigenvalue weighted by molar-refractivity contribution is 0.101. The molecule has 0 aliphatic carbocycles. The van der Waals surface area contributed by atoms with E-state index in [1.807, 2.05) is 0 Å². The predicted octanol–water partition coefficient (Wildman–Crippen LogP) is 2.02. The highest BCUT2D eigenvalue weighted by atomic mass is 127. The fourth-order valence-corrected chi connectivity index (χ4v) is 2.21. The van der Waals surface area contributed by atoms with Crippen LogP contribution in [0.4, 0.5) is 0 Å². The molecule has 1 heterocycles. The molecule has 0 aliphatic rings. The minimum atomic E-state index is -0.552. The summed E-state index contributed by atoms with van der Waals surface area (Å²) >= 11 is 1.75. The second-order valence-electron chi connectivity index (χ2n) is 3.78. The smallest absolute Gasteiger partial charge is 0.209 e. The van der Waals surface area contributed by atoms with Crippen LogP contribution in [0.2, 0.25) is 0 Å². The number of phenolic OH excluding ortho intramolecular Hbond substituents is 2. The first kappa shape index (κ1) is 13.7. The molecule has 0 spiro atoms. The number of aromatic hydroxyl groups is 2. The lowest BCUT2D eigenvalue weighted by Gasteiger charge is -2.12. The molecule has 0 bridgehead atoms. The van der Waals surface area contributed by atoms with Crippen LogP contribution in [0.15, 0.2) is 15.5 Å². The van der Waals surface area contributed by atoms with Crippen LogP contribution in [0, 0.1) is 3.57 Å². The number of methoxy groups -OCH3 is 1. The van der Waals surface area contributed by atoms with Crippen LogP contribution in [0.25, 0.3) is 11.0 Å². The fraction of sp³-hybridized carbons (Fsp3) is 0.167. The van der Waals surface area contributed by atoms with Gasteiger partial charge in [-0.15, -0.1) is 0 Å². The SMILES string of the molecule is COc1c(O)c(C(C)=O)c2occ(I)c(=O)c2c1O. The van der Waals surface area contributed by atoms with Crippen LogP contribution < -0.4 is 10.2 Å². The Bertz CT molecular complexity index is 746. The first-order valence-corrected chi connectivity index (χ1v) is 6.21. The number of ether oxygens (including phenoxy) is 1. The molecule has 0 amide bonds. The molecule has 1 aromatic heterocycles. The number of phenols is 2. The summed E-state index contributed by atoms with van der Waals surface area (Å²) in [5, 5.41) is 19.7. The van der Waals surface area contributed by atoms with E-state index in [4.69, 9.17) is 9.15 Å². The van der Waals surface area contributed by atoms with Gasteiger partial charge in [-0.25, -0.2) is 0 Å². The van der Waals surface area contributed by atoms with E-state index in [1.54, 1.807) is 22.6 Å². The van der Waals surface area contributed by atoms with Gasteiger partial charge in [-0.1, -0.05) is 0 Å². The number of rotatable bonds is 2. The Balaban J connectivity index is 3.15. The quantitative estimate of drug-likeness (QED) is 0.615. The average Bonchev–Trinajstić information content (AvgIpc) is 2.33. The Morgan fingerprint density at radius 1 is 1.37 bits per heavy atom. The van der Waals surface area contributed by atoms with Crippen molar-refractivity contribution in [2.24, 2.45) is 0 Å². The number of fused-ring (bicyclic) bond motifs is 1. The van der Waals surface area contributed by atoms with Crippen LogP contribution >= 0.6 is 22.6 Å². The maximum atomic E-state index is 12.0. The third kappa shape index (κ3) is 1.93. The highest BCUT2D eigenvalue weighted by Gasteiger charge is 2.26. The number of hydrogen-bond acceptors (Lipinski definition) is 6. The van der Waals surface area contributed by atoms with Gasteiger partial charge in [-0.2, -0.15) is 0 Å². The zero-order valence-electron chi connectivity index (χ0n) is 9.98. The maximum absolute atomic E-state index is 12.0. The van der Waals surface area contributed by atoms with Gasteiger partial charge in [0, 0.05) is 0 Å². The van der Waals surface area contributed by atoms with E-state index in [0.29, 0.717) is 0 Å². The highest BCUT2D eigenvalue weighted by molar-refractivity contribution is 14.1. The van der Waals surface area contributed by atoms with Gasteiger partial charge in [0.25, 0.3) is 0 Å². The molecule has 0 radical (unpaired) electrons. The third-order valence-corrected chi connectivity index (χ3v) is 3.38. The van der Waals surface area contributed by atoms with Crippen molar-refractivity contribution in [3.63, 3.8) is 0 Å². The van der Waals surface area contributed by atoms with Crippen LogP contribution in [0.3, 0.4) is 0 Å². The van der Waals surface area contributed by atoms with E-state index < -0.39 is 22.7 Å². The summed E-state index contributed by atoms with van der Waals surface area (Å²) in [6.07, 6.45) is 1.16. The van der Waals surface area contributed by atoms with E-state index in [1.165, 1.54) is 14.0 Å². The Labute approximate surface area is 120 Å². The summed E-state index contributed by atoms with van der Waals surface area (Å²) in [6, 6.07) is 0. The zero-order chi connectivity index (χ0) is 14.3. The molecule has 2 N–H and O–H groups in total. The van der Waals surface area contributed by atoms with Crippen LogP contribution in [-0.4, -0.2) is 23.1 Å². The summed E-state index contributed by atoms with van der Waals surface area (Å²) in [6.45, 7) is 1.21. The molecule has 0 atom stereocenters. The van der Waals surface area contributed by atoms with Crippen molar-refractivity contribution in [2.75, 3.05) is 7.11 Å². The molecular formula is C12H9IO6. The molecule has 6 nitrogen and oxygen atoms in total. The van der Waals surface area contributed by atoms with Gasteiger partial charge in [0.2, 0.25) is 11.2 Å². The third-order valence-electron chi connectivity index (χ3n) is 2.64. The summed E-state index contributed by atoms with van der Waals surface area (Å²) in [7, 11) is 1.21. The van der Waals surface area contributed by atoms with E-state index in [0.717, 1.165) is 6.26 Å². The predicted molar refractivity (Wildman–Crippen MR) is 75.1 cm³/mol. The largest absolute Gasteiger partial charge is 0.504 e. The minimum Gasteiger partial charge on any atom is -0.504 e. The number of hydrogen-bond donors (Lipinski definition) is 2. The normalized spacial score (nSPS) is 10.7. The highest BCUT2D eigenvalue weighted by Crippen LogP contribution is 2.44. The van der Waals surface area contributed by atoms with Gasteiger partial charge in [0.15, 0.2) is 22.9 Å². The summed E-state index contributed by atoms with van der Waals surface area (Å²) in [5.74, 6) is -1.94. The first-order chi connectivity index (χ1) is 8.90. The summed E-state index contributed by atoms with van der Waals surface area (Å²) in [4.78, 5) is 23.6. The van der Waals surface area contributed by atoms with Crippen LogP contribution in [0.1, 0.15) is 17.3 Å². The number of carbonyl (C=O) groups is 1. The van der Waals surface area contributed by atoms with Crippen LogP contribution in [0.5, 0.6) is 17.2 Å². The van der Waals surface area contributed by atoms with E-state index in [2.05, 4.69) is 0 Å². The zero-order valence-corrected chi connectivity index (χ0v) is 12.1. The summed E-state index contributed by atoms with van der Waals surface area (Å²) in [5.41, 5.74) is -0.855. The van der Waals surface area contributed by atoms with Crippen molar-refractivity contribution in [2.45, 2.75) is 6.92 Å².